The molecular weight excluding hydrogens is 498 g/mol. The molecule has 0 spiro atoms. The Labute approximate surface area is 182 Å². The Morgan fingerprint density at radius 2 is 1.41 bits per heavy atom. The Balaban J connectivity index is 0. The zero-order valence-electron chi connectivity index (χ0n) is 17.5. The molecule has 32 heavy (non-hydrogen) atoms. The third-order valence-corrected chi connectivity index (χ3v) is 6.28. The van der Waals surface area contributed by atoms with Crippen LogP contribution in [0.3, 0.4) is 0 Å². The molecular formula is C15H26F6N2O7S2. The summed E-state index contributed by atoms with van der Waals surface area (Å²) in [5.41, 5.74) is -12.4. The van der Waals surface area contributed by atoms with Gasteiger partial charge in [-0.1, -0.05) is 20.4 Å². The van der Waals surface area contributed by atoms with E-state index in [9.17, 15) is 53.1 Å². The molecule has 1 unspecified atom stereocenters. The van der Waals surface area contributed by atoms with Gasteiger partial charge in [-0.05, 0) is 12.8 Å². The van der Waals surface area contributed by atoms with Crippen molar-refractivity contribution in [2.75, 3.05) is 33.3 Å². The summed E-state index contributed by atoms with van der Waals surface area (Å²) in [5, 5.41) is 9.86. The van der Waals surface area contributed by atoms with Gasteiger partial charge in [0.1, 0.15) is 19.3 Å². The number of quaternary nitrogens is 1. The molecule has 1 N–H and O–H groups in total. The number of likely N-dealkylation sites (N-methyl/N-ethyl adjacent to an activating group) is 1. The van der Waals surface area contributed by atoms with Crippen LogP contribution in [-0.2, 0) is 29.6 Å². The van der Waals surface area contributed by atoms with Crippen molar-refractivity contribution < 1.29 is 62.3 Å². The highest BCUT2D eigenvalue weighted by molar-refractivity contribution is 8.13. The SMILES string of the molecule is C=CC(=O)OCC(O)C[N+](C)(CCC)CCC.O=S(=O)([N-]S(=O)(=O)C(F)(F)F)C(F)(F)F. The third kappa shape index (κ3) is 12.0. The van der Waals surface area contributed by atoms with Crippen LogP contribution in [0.1, 0.15) is 26.7 Å². The molecule has 9 nitrogen and oxygen atoms in total. The van der Waals surface area contributed by atoms with Crippen molar-refractivity contribution in [2.45, 2.75) is 43.8 Å². The van der Waals surface area contributed by atoms with E-state index < -0.39 is 43.1 Å². The van der Waals surface area contributed by atoms with Crippen LogP contribution in [0, 0.1) is 0 Å². The van der Waals surface area contributed by atoms with Crippen molar-refractivity contribution in [3.63, 3.8) is 0 Å². The maximum Gasteiger partial charge on any atom is 0.480 e. The molecule has 1 atom stereocenters. The first-order chi connectivity index (χ1) is 14.2. The monoisotopic (exact) mass is 524 g/mol. The summed E-state index contributed by atoms with van der Waals surface area (Å²) < 4.78 is 115. The molecule has 0 aromatic heterocycles. The Hall–Kier alpha value is -1.43. The molecule has 0 aromatic carbocycles. The van der Waals surface area contributed by atoms with Gasteiger partial charge in [-0.15, -0.1) is 0 Å². The van der Waals surface area contributed by atoms with E-state index in [1.807, 2.05) is 0 Å². The van der Waals surface area contributed by atoms with E-state index in [1.54, 1.807) is 0 Å². The number of aliphatic hydroxyl groups excluding tert-OH is 1. The van der Waals surface area contributed by atoms with Crippen molar-refractivity contribution >= 4 is 26.0 Å². The number of aliphatic hydroxyl groups is 1. The molecule has 0 fully saturated rings. The van der Waals surface area contributed by atoms with Crippen LogP contribution in [0.4, 0.5) is 26.3 Å². The molecule has 0 aliphatic carbocycles. The molecule has 0 aliphatic heterocycles. The van der Waals surface area contributed by atoms with E-state index in [0.29, 0.717) is 6.54 Å². The number of carbonyl (C=O) groups excluding carboxylic acids is 1. The van der Waals surface area contributed by atoms with Gasteiger partial charge in [-0.3, -0.25) is 0 Å². The van der Waals surface area contributed by atoms with Crippen LogP contribution in [0.5, 0.6) is 0 Å². The van der Waals surface area contributed by atoms with Gasteiger partial charge >= 0.3 is 17.0 Å². The van der Waals surface area contributed by atoms with Gasteiger partial charge in [-0.25, -0.2) is 21.6 Å². The van der Waals surface area contributed by atoms with Crippen molar-refractivity contribution in [2.24, 2.45) is 0 Å². The van der Waals surface area contributed by atoms with Gasteiger partial charge in [0.25, 0.3) is 0 Å². The van der Waals surface area contributed by atoms with Gasteiger partial charge in [0.15, 0.2) is 20.0 Å². The minimum absolute atomic E-state index is 0.0477. The summed E-state index contributed by atoms with van der Waals surface area (Å²) in [4.78, 5) is 10.9. The smallest absolute Gasteiger partial charge is 0.460 e. The number of nitrogens with zero attached hydrogens (tertiary/aromatic N) is 2. The second kappa shape index (κ2) is 12.7. The predicted octanol–water partition coefficient (Wildman–Crippen LogP) is 2.40. The zero-order chi connectivity index (χ0) is 26.0. The van der Waals surface area contributed by atoms with Gasteiger partial charge in [0.05, 0.1) is 20.1 Å². The average Bonchev–Trinajstić information content (AvgIpc) is 2.57. The van der Waals surface area contributed by atoms with E-state index in [2.05, 4.69) is 27.5 Å². The number of rotatable bonds is 11. The third-order valence-electron chi connectivity index (χ3n) is 3.54. The summed E-state index contributed by atoms with van der Waals surface area (Å²) >= 11 is 0. The second-order valence-electron chi connectivity index (χ2n) is 6.65. The lowest BCUT2D eigenvalue weighted by Gasteiger charge is -2.35. The fourth-order valence-electron chi connectivity index (χ4n) is 2.39. The number of carbonyl (C=O) groups is 1. The molecule has 0 rings (SSSR count). The number of esters is 1. The van der Waals surface area contributed by atoms with E-state index in [4.69, 9.17) is 4.74 Å². The highest BCUT2D eigenvalue weighted by Crippen LogP contribution is 2.36. The number of ether oxygens (including phenoxy) is 1. The fraction of sp³-hybridized carbons (Fsp3) is 0.800. The van der Waals surface area contributed by atoms with Gasteiger partial charge < -0.3 is 18.5 Å². The molecule has 0 saturated carbocycles. The van der Waals surface area contributed by atoms with Crippen LogP contribution in [0.25, 0.3) is 4.13 Å². The molecule has 0 bridgehead atoms. The molecule has 17 heteroatoms. The summed E-state index contributed by atoms with van der Waals surface area (Å²) in [6, 6.07) is 0. The molecule has 0 aliphatic rings. The molecule has 0 aromatic rings. The quantitative estimate of drug-likeness (QED) is 0.190. The standard InChI is InChI=1S/C13H26NO3.C2F6NO4S2/c1-5-8-14(4,9-6-2)10-12(15)11-17-13(16)7-3;3-1(4,5)14(10,11)9-15(12,13)2(6,7)8/h7,12,15H,3,5-6,8-11H2,1-2,4H3;/q+1;-1. The highest BCUT2D eigenvalue weighted by atomic mass is 32.3. The summed E-state index contributed by atoms with van der Waals surface area (Å²) in [7, 11) is -11.3. The van der Waals surface area contributed by atoms with E-state index >= 15 is 0 Å². The predicted molar refractivity (Wildman–Crippen MR) is 102 cm³/mol. The Kier molecular flexibility index (Phi) is 13.0. The summed E-state index contributed by atoms with van der Waals surface area (Å²) in [6.45, 7) is 10.3. The van der Waals surface area contributed by atoms with Crippen LogP contribution >= 0.6 is 0 Å². The minimum Gasteiger partial charge on any atom is -0.460 e. The normalized spacial score (nSPS) is 14.2. The summed E-state index contributed by atoms with van der Waals surface area (Å²) in [6.07, 6.45) is 2.66. The van der Waals surface area contributed by atoms with E-state index in [1.165, 1.54) is 0 Å². The number of alkyl halides is 6. The largest absolute Gasteiger partial charge is 0.480 e. The average molecular weight is 525 g/mol. The minimum atomic E-state index is -6.72. The second-order valence-corrected chi connectivity index (χ2v) is 10.1. The van der Waals surface area contributed by atoms with Crippen molar-refractivity contribution in [1.82, 2.24) is 0 Å². The van der Waals surface area contributed by atoms with Crippen LogP contribution in [0.2, 0.25) is 0 Å². The zero-order valence-corrected chi connectivity index (χ0v) is 19.1. The van der Waals surface area contributed by atoms with E-state index in [0.717, 1.165) is 40.6 Å². The number of hydrogen-bond acceptors (Lipinski definition) is 7. The highest BCUT2D eigenvalue weighted by Gasteiger charge is 2.46. The topological polar surface area (TPSA) is 129 Å². The fourth-order valence-corrected chi connectivity index (χ4v) is 4.10. The first-order valence-corrected chi connectivity index (χ1v) is 11.7. The Morgan fingerprint density at radius 1 is 1.03 bits per heavy atom. The first-order valence-electron chi connectivity index (χ1n) is 8.85. The van der Waals surface area contributed by atoms with Crippen LogP contribution < -0.4 is 0 Å². The molecule has 192 valence electrons. The molecule has 0 heterocycles. The van der Waals surface area contributed by atoms with Gasteiger partial charge in [0.2, 0.25) is 0 Å². The number of halogens is 6. The van der Waals surface area contributed by atoms with Gasteiger partial charge in [-0.2, -0.15) is 26.3 Å². The molecule has 0 saturated heterocycles. The molecule has 0 amide bonds. The summed E-state index contributed by atoms with van der Waals surface area (Å²) in [5.74, 6) is -0.482. The number of sulfonamides is 2. The lowest BCUT2D eigenvalue weighted by molar-refractivity contribution is -0.912. The maximum atomic E-state index is 11.4. The Bertz CT molecular complexity index is 763. The van der Waals surface area contributed by atoms with Crippen LogP contribution in [0.15, 0.2) is 12.7 Å². The van der Waals surface area contributed by atoms with Crippen LogP contribution in [-0.4, -0.2) is 82.8 Å². The first kappa shape index (κ1) is 32.7. The van der Waals surface area contributed by atoms with Gasteiger partial charge in [0, 0.05) is 6.08 Å². The number of hydrogen-bond donors (Lipinski definition) is 1. The van der Waals surface area contributed by atoms with Crippen molar-refractivity contribution in [1.29, 1.82) is 0 Å². The molecule has 0 radical (unpaired) electrons. The lowest BCUT2D eigenvalue weighted by Crippen LogP contribution is -2.50. The van der Waals surface area contributed by atoms with Crippen molar-refractivity contribution in [3.8, 4) is 0 Å². The maximum absolute atomic E-state index is 11.4. The van der Waals surface area contributed by atoms with E-state index in [-0.39, 0.29) is 6.61 Å². The van der Waals surface area contributed by atoms with Crippen molar-refractivity contribution in [3.05, 3.63) is 16.8 Å². The lowest BCUT2D eigenvalue weighted by atomic mass is 10.2. The Morgan fingerprint density at radius 3 is 1.69 bits per heavy atom.